The Kier molecular flexibility index (Phi) is 8.57. The summed E-state index contributed by atoms with van der Waals surface area (Å²) >= 11 is 0. The number of carbonyl (C=O) groups is 1. The smallest absolute Gasteiger partial charge is 0.261 e. The zero-order chi connectivity index (χ0) is 26.3. The molecule has 0 unspecified atom stereocenters. The molecule has 1 saturated heterocycles. The van der Waals surface area contributed by atoms with Crippen molar-refractivity contribution in [2.24, 2.45) is 5.92 Å². The summed E-state index contributed by atoms with van der Waals surface area (Å²) in [4.78, 5) is 16.8. The molecule has 1 aliphatic rings. The largest absolute Gasteiger partial charge is 0.326 e. The number of hydrogen-bond donors (Lipinski definition) is 2. The van der Waals surface area contributed by atoms with Gasteiger partial charge in [0.25, 0.3) is 10.0 Å². The minimum absolute atomic E-state index is 0.0409. The Bertz CT molecular complexity index is 1400. The summed E-state index contributed by atoms with van der Waals surface area (Å²) in [6, 6.07) is 18.8. The minimum atomic E-state index is -3.80. The van der Waals surface area contributed by atoms with Crippen molar-refractivity contribution in [3.8, 4) is 0 Å². The number of carbonyl (C=O) groups excluding carboxylic acids is 1. The van der Waals surface area contributed by atoms with Gasteiger partial charge in [0, 0.05) is 25.0 Å². The van der Waals surface area contributed by atoms with Crippen molar-refractivity contribution >= 4 is 37.3 Å². The van der Waals surface area contributed by atoms with E-state index in [1.54, 1.807) is 18.3 Å². The van der Waals surface area contributed by atoms with E-state index in [4.69, 9.17) is 0 Å². The SMILES string of the molecule is O=C(Nc1ccc(S(=O)(=O)Nc2cccnc2)cc1)[C@H]1CCCN(S(=O)(=O)CCCc2ccccc2)C1. The highest BCUT2D eigenvalue weighted by Gasteiger charge is 2.32. The lowest BCUT2D eigenvalue weighted by Gasteiger charge is -2.31. The molecule has 1 atom stereocenters. The number of rotatable bonds is 10. The summed E-state index contributed by atoms with van der Waals surface area (Å²) in [5, 5.41) is 2.79. The predicted octanol–water partition coefficient (Wildman–Crippen LogP) is 3.50. The van der Waals surface area contributed by atoms with Gasteiger partial charge in [0.2, 0.25) is 15.9 Å². The van der Waals surface area contributed by atoms with E-state index in [1.807, 2.05) is 30.3 Å². The van der Waals surface area contributed by atoms with Crippen molar-refractivity contribution in [2.75, 3.05) is 28.9 Å². The first kappa shape index (κ1) is 26.8. The number of sulfonamides is 2. The normalized spacial score (nSPS) is 16.7. The van der Waals surface area contributed by atoms with E-state index < -0.39 is 26.0 Å². The zero-order valence-electron chi connectivity index (χ0n) is 20.3. The molecule has 0 radical (unpaired) electrons. The fourth-order valence-corrected chi connectivity index (χ4v) is 6.87. The molecule has 37 heavy (non-hydrogen) atoms. The Hall–Kier alpha value is -3.28. The Morgan fingerprint density at radius 3 is 2.41 bits per heavy atom. The van der Waals surface area contributed by atoms with Gasteiger partial charge in [-0.2, -0.15) is 0 Å². The second-order valence-electron chi connectivity index (χ2n) is 8.96. The molecule has 4 rings (SSSR count). The quantitative estimate of drug-likeness (QED) is 0.404. The molecular weight excluding hydrogens is 512 g/mol. The summed E-state index contributed by atoms with van der Waals surface area (Å²) in [5.41, 5.74) is 1.88. The van der Waals surface area contributed by atoms with Crippen LogP contribution in [0.4, 0.5) is 11.4 Å². The number of hydrogen-bond acceptors (Lipinski definition) is 6. The van der Waals surface area contributed by atoms with Crippen molar-refractivity contribution in [1.29, 1.82) is 0 Å². The molecule has 0 aliphatic carbocycles. The number of pyridine rings is 1. The van der Waals surface area contributed by atoms with Crippen LogP contribution in [0.3, 0.4) is 0 Å². The summed E-state index contributed by atoms with van der Waals surface area (Å²) < 4.78 is 54.8. The molecule has 0 saturated carbocycles. The van der Waals surface area contributed by atoms with E-state index in [9.17, 15) is 21.6 Å². The fourth-order valence-electron chi connectivity index (χ4n) is 4.24. The van der Waals surface area contributed by atoms with Gasteiger partial charge in [-0.3, -0.25) is 14.5 Å². The first-order chi connectivity index (χ1) is 17.7. The van der Waals surface area contributed by atoms with Gasteiger partial charge < -0.3 is 5.32 Å². The molecule has 3 aromatic rings. The third-order valence-corrected chi connectivity index (χ3v) is 9.52. The number of aromatic nitrogens is 1. The standard InChI is InChI=1S/C26H30N4O5S2/c31-26(28-23-12-14-25(15-13-23)37(34,35)29-24-11-4-16-27-19-24)22-10-5-17-30(20-22)36(32,33)18-6-9-21-7-2-1-3-8-21/h1-4,7-8,11-16,19,22,29H,5-6,9-10,17-18,20H2,(H,28,31)/t22-/m0/s1. The topological polar surface area (TPSA) is 126 Å². The van der Waals surface area contributed by atoms with Crippen molar-refractivity contribution in [2.45, 2.75) is 30.6 Å². The van der Waals surface area contributed by atoms with Crippen LogP contribution in [0.1, 0.15) is 24.8 Å². The number of nitrogens with one attached hydrogen (secondary N) is 2. The third-order valence-electron chi connectivity index (χ3n) is 6.20. The highest BCUT2D eigenvalue weighted by molar-refractivity contribution is 7.92. The van der Waals surface area contributed by atoms with Crippen LogP contribution in [-0.2, 0) is 31.3 Å². The van der Waals surface area contributed by atoms with Gasteiger partial charge in [0.15, 0.2) is 0 Å². The van der Waals surface area contributed by atoms with Crippen LogP contribution >= 0.6 is 0 Å². The summed E-state index contributed by atoms with van der Waals surface area (Å²) in [6.07, 6.45) is 5.34. The van der Waals surface area contributed by atoms with Gasteiger partial charge in [0.1, 0.15) is 0 Å². The van der Waals surface area contributed by atoms with Crippen LogP contribution in [0.2, 0.25) is 0 Å². The van der Waals surface area contributed by atoms with Gasteiger partial charge in [-0.15, -0.1) is 0 Å². The van der Waals surface area contributed by atoms with Crippen LogP contribution in [0.15, 0.2) is 84.0 Å². The molecule has 0 bridgehead atoms. The van der Waals surface area contributed by atoms with E-state index in [0.717, 1.165) is 5.56 Å². The van der Waals surface area contributed by atoms with E-state index >= 15 is 0 Å². The maximum absolute atomic E-state index is 12.9. The van der Waals surface area contributed by atoms with Gasteiger partial charge in [-0.25, -0.2) is 21.1 Å². The number of benzene rings is 2. The second-order valence-corrected chi connectivity index (χ2v) is 12.7. The Balaban J connectivity index is 1.31. The van der Waals surface area contributed by atoms with Crippen molar-refractivity contribution in [3.05, 3.63) is 84.7 Å². The fraction of sp³-hybridized carbons (Fsp3) is 0.308. The molecule has 1 amide bonds. The number of piperidine rings is 1. The average Bonchev–Trinajstić information content (AvgIpc) is 2.90. The third kappa shape index (κ3) is 7.37. The highest BCUT2D eigenvalue weighted by Crippen LogP contribution is 2.23. The summed E-state index contributed by atoms with van der Waals surface area (Å²) in [7, 11) is -7.27. The average molecular weight is 543 g/mol. The van der Waals surface area contributed by atoms with E-state index in [-0.39, 0.29) is 23.1 Å². The van der Waals surface area contributed by atoms with Crippen LogP contribution in [0.25, 0.3) is 0 Å². The molecule has 2 N–H and O–H groups in total. The van der Waals surface area contributed by atoms with Gasteiger partial charge in [-0.1, -0.05) is 30.3 Å². The molecule has 1 aliphatic heterocycles. The summed E-state index contributed by atoms with van der Waals surface area (Å²) in [6.45, 7) is 0.551. The number of amides is 1. The van der Waals surface area contributed by atoms with Crippen molar-refractivity contribution < 1.29 is 21.6 Å². The maximum atomic E-state index is 12.9. The lowest BCUT2D eigenvalue weighted by Crippen LogP contribution is -2.44. The monoisotopic (exact) mass is 542 g/mol. The van der Waals surface area contributed by atoms with E-state index in [1.165, 1.54) is 34.8 Å². The van der Waals surface area contributed by atoms with Gasteiger partial charge >= 0.3 is 0 Å². The molecule has 1 aromatic heterocycles. The molecule has 2 aromatic carbocycles. The van der Waals surface area contributed by atoms with E-state index in [0.29, 0.717) is 43.6 Å². The Morgan fingerprint density at radius 1 is 0.946 bits per heavy atom. The Morgan fingerprint density at radius 2 is 1.70 bits per heavy atom. The maximum Gasteiger partial charge on any atom is 0.261 e. The molecule has 0 spiro atoms. The van der Waals surface area contributed by atoms with Gasteiger partial charge in [0.05, 0.1) is 28.5 Å². The molecular formula is C26H30N4O5S2. The van der Waals surface area contributed by atoms with Crippen molar-refractivity contribution in [3.63, 3.8) is 0 Å². The number of anilines is 2. The molecule has 196 valence electrons. The van der Waals surface area contributed by atoms with Crippen LogP contribution in [0, 0.1) is 5.92 Å². The zero-order valence-corrected chi connectivity index (χ0v) is 21.9. The first-order valence-electron chi connectivity index (χ1n) is 12.1. The predicted molar refractivity (Wildman–Crippen MR) is 143 cm³/mol. The second kappa shape index (κ2) is 11.8. The lowest BCUT2D eigenvalue weighted by molar-refractivity contribution is -0.120. The first-order valence-corrected chi connectivity index (χ1v) is 15.2. The minimum Gasteiger partial charge on any atom is -0.326 e. The van der Waals surface area contributed by atoms with Crippen LogP contribution < -0.4 is 10.0 Å². The molecule has 9 nitrogen and oxygen atoms in total. The number of nitrogens with zero attached hydrogens (tertiary/aromatic N) is 2. The summed E-state index contributed by atoms with van der Waals surface area (Å²) in [5.74, 6) is -0.722. The lowest BCUT2D eigenvalue weighted by atomic mass is 9.99. The van der Waals surface area contributed by atoms with E-state index in [2.05, 4.69) is 15.0 Å². The highest BCUT2D eigenvalue weighted by atomic mass is 32.2. The van der Waals surface area contributed by atoms with Crippen LogP contribution in [-0.4, -0.2) is 50.9 Å². The molecule has 2 heterocycles. The van der Waals surface area contributed by atoms with Crippen LogP contribution in [0.5, 0.6) is 0 Å². The number of aryl methyl sites for hydroxylation is 1. The Labute approximate surface area is 218 Å². The molecule has 11 heteroatoms. The van der Waals surface area contributed by atoms with Gasteiger partial charge in [-0.05, 0) is 67.6 Å². The molecule has 1 fully saturated rings. The van der Waals surface area contributed by atoms with Crippen molar-refractivity contribution in [1.82, 2.24) is 9.29 Å².